The quantitative estimate of drug-likeness (QED) is 0.671. The molecule has 0 aromatic heterocycles. The Bertz CT molecular complexity index is 461. The number of hydrogen-bond acceptors (Lipinski definition) is 4. The molecule has 1 aromatic carbocycles. The van der Waals surface area contributed by atoms with Gasteiger partial charge in [0.05, 0.1) is 10.5 Å². The van der Waals surface area contributed by atoms with Gasteiger partial charge in [-0.3, -0.25) is 14.9 Å². The number of nitrogens with zero attached hydrogens (tertiary/aromatic N) is 2. The van der Waals surface area contributed by atoms with Crippen molar-refractivity contribution in [2.45, 2.75) is 13.8 Å². The first-order valence-corrected chi connectivity index (χ1v) is 6.02. The van der Waals surface area contributed by atoms with Gasteiger partial charge >= 0.3 is 5.69 Å². The van der Waals surface area contributed by atoms with Crippen LogP contribution in [0.15, 0.2) is 16.6 Å². The van der Waals surface area contributed by atoms with Crippen LogP contribution in [0, 0.1) is 10.1 Å². The van der Waals surface area contributed by atoms with Gasteiger partial charge in [0.1, 0.15) is 0 Å². The summed E-state index contributed by atoms with van der Waals surface area (Å²) in [6.07, 6.45) is 0. The van der Waals surface area contributed by atoms with Crippen molar-refractivity contribution in [3.63, 3.8) is 0 Å². The summed E-state index contributed by atoms with van der Waals surface area (Å²) in [4.78, 5) is 22.7. The molecule has 0 aliphatic rings. The van der Waals surface area contributed by atoms with Gasteiger partial charge in [0, 0.05) is 24.6 Å². The fraction of sp³-hybridized carbons (Fsp3) is 0.364. The molecule has 18 heavy (non-hydrogen) atoms. The van der Waals surface area contributed by atoms with Crippen LogP contribution in [0.25, 0.3) is 0 Å². The predicted octanol–water partition coefficient (Wildman–Crippen LogP) is 2.79. The van der Waals surface area contributed by atoms with Gasteiger partial charge < -0.3 is 10.0 Å². The zero-order valence-corrected chi connectivity index (χ0v) is 12.2. The molecule has 7 heteroatoms. The molecule has 0 fully saturated rings. The summed E-state index contributed by atoms with van der Waals surface area (Å²) in [5.41, 5.74) is -0.606. The summed E-state index contributed by atoms with van der Waals surface area (Å²) in [5, 5.41) is 20.2. The minimum Gasteiger partial charge on any atom is -0.502 e. The summed E-state index contributed by atoms with van der Waals surface area (Å²) in [7, 11) is 2.99. The average Bonchev–Trinajstić information content (AvgIpc) is 2.32. The van der Waals surface area contributed by atoms with E-state index in [2.05, 4.69) is 15.9 Å². The van der Waals surface area contributed by atoms with Crippen LogP contribution < -0.4 is 0 Å². The van der Waals surface area contributed by atoms with Crippen LogP contribution in [0.4, 0.5) is 5.69 Å². The van der Waals surface area contributed by atoms with Crippen molar-refractivity contribution in [2.75, 3.05) is 14.1 Å². The van der Waals surface area contributed by atoms with E-state index in [0.29, 0.717) is 4.47 Å². The van der Waals surface area contributed by atoms with E-state index < -0.39 is 22.3 Å². The molecule has 0 aliphatic carbocycles. The van der Waals surface area contributed by atoms with Crippen molar-refractivity contribution < 1.29 is 14.8 Å². The molecule has 0 unspecified atom stereocenters. The van der Waals surface area contributed by atoms with Crippen LogP contribution in [0.3, 0.4) is 0 Å². The Morgan fingerprint density at radius 2 is 1.89 bits per heavy atom. The largest absolute Gasteiger partial charge is 0.502 e. The number of carbonyl (C=O) groups is 1. The maximum absolute atomic E-state index is 11.6. The maximum atomic E-state index is 11.6. The van der Waals surface area contributed by atoms with E-state index in [-0.39, 0.29) is 5.56 Å². The van der Waals surface area contributed by atoms with Crippen LogP contribution in [0.5, 0.6) is 5.75 Å². The minimum absolute atomic E-state index is 0.105. The number of carbonyl (C=O) groups excluding carboxylic acids is 1. The highest BCUT2D eigenvalue weighted by Gasteiger charge is 2.23. The molecule has 0 aliphatic heterocycles. The topological polar surface area (TPSA) is 83.7 Å². The number of nitro benzene ring substituents is 1. The molecular formula is C11H15BrN2O4. The van der Waals surface area contributed by atoms with Crippen LogP contribution in [0.1, 0.15) is 24.2 Å². The number of rotatable bonds is 2. The summed E-state index contributed by atoms with van der Waals surface area (Å²) in [6.45, 7) is 4.00. The molecule has 0 atom stereocenters. The number of phenolic OH excluding ortho intramolecular Hbond substituents is 1. The number of nitro groups is 1. The van der Waals surface area contributed by atoms with Gasteiger partial charge in [0.25, 0.3) is 5.91 Å². The summed E-state index contributed by atoms with van der Waals surface area (Å²) in [6, 6.07) is 2.48. The van der Waals surface area contributed by atoms with E-state index in [9.17, 15) is 20.0 Å². The molecule has 1 rings (SSSR count). The Kier molecular flexibility index (Phi) is 6.32. The van der Waals surface area contributed by atoms with Gasteiger partial charge in [-0.1, -0.05) is 29.8 Å². The van der Waals surface area contributed by atoms with E-state index in [0.717, 1.165) is 6.07 Å². The first kappa shape index (κ1) is 16.4. The first-order valence-electron chi connectivity index (χ1n) is 5.23. The third-order valence-corrected chi connectivity index (χ3v) is 2.35. The maximum Gasteiger partial charge on any atom is 0.312 e. The monoisotopic (exact) mass is 318 g/mol. The van der Waals surface area contributed by atoms with Crippen molar-refractivity contribution in [2.24, 2.45) is 0 Å². The Balaban J connectivity index is 0.00000137. The lowest BCUT2D eigenvalue weighted by Crippen LogP contribution is -2.21. The van der Waals surface area contributed by atoms with Gasteiger partial charge in [-0.15, -0.1) is 0 Å². The summed E-state index contributed by atoms with van der Waals surface area (Å²) in [5.74, 6) is -1.12. The van der Waals surface area contributed by atoms with E-state index in [1.54, 1.807) is 0 Å². The number of amides is 1. The molecular weight excluding hydrogens is 304 g/mol. The highest BCUT2D eigenvalue weighted by Crippen LogP contribution is 2.33. The normalized spacial score (nSPS) is 9.17. The van der Waals surface area contributed by atoms with Gasteiger partial charge in [-0.2, -0.15) is 0 Å². The van der Waals surface area contributed by atoms with Gasteiger partial charge in [-0.25, -0.2) is 0 Å². The van der Waals surface area contributed by atoms with Crippen molar-refractivity contribution >= 4 is 27.5 Å². The summed E-state index contributed by atoms with van der Waals surface area (Å²) < 4.78 is 0.363. The van der Waals surface area contributed by atoms with Crippen LogP contribution in [0.2, 0.25) is 0 Å². The van der Waals surface area contributed by atoms with E-state index in [1.165, 1.54) is 25.1 Å². The average molecular weight is 319 g/mol. The van der Waals surface area contributed by atoms with Gasteiger partial charge in [-0.05, 0) is 6.07 Å². The third-order valence-electron chi connectivity index (χ3n) is 1.89. The van der Waals surface area contributed by atoms with Gasteiger partial charge in [0.2, 0.25) is 5.75 Å². The van der Waals surface area contributed by atoms with Crippen LogP contribution in [-0.4, -0.2) is 34.9 Å². The second-order valence-electron chi connectivity index (χ2n) is 3.28. The lowest BCUT2D eigenvalue weighted by Gasteiger charge is -2.11. The highest BCUT2D eigenvalue weighted by molar-refractivity contribution is 9.10. The molecule has 0 bridgehead atoms. The van der Waals surface area contributed by atoms with Crippen molar-refractivity contribution in [1.29, 1.82) is 0 Å². The standard InChI is InChI=1S/C9H9BrN2O4.C2H6/c1-11(2)9(14)6-3-5(10)4-7(8(6)13)12(15)16;1-2/h3-4,13H,1-2H3;1-2H3. The zero-order chi connectivity index (χ0) is 14.5. The molecule has 0 radical (unpaired) electrons. The number of hydrogen-bond donors (Lipinski definition) is 1. The molecule has 100 valence electrons. The van der Waals surface area contributed by atoms with Crippen LogP contribution >= 0.6 is 15.9 Å². The molecule has 0 spiro atoms. The SMILES string of the molecule is CC.CN(C)C(=O)c1cc(Br)cc([N+](=O)[O-])c1O. The van der Waals surface area contributed by atoms with Gasteiger partial charge in [0.15, 0.2) is 0 Å². The second-order valence-corrected chi connectivity index (χ2v) is 4.19. The number of aromatic hydroxyl groups is 1. The molecule has 1 N–H and O–H groups in total. The van der Waals surface area contributed by atoms with E-state index >= 15 is 0 Å². The van der Waals surface area contributed by atoms with Crippen molar-refractivity contribution in [3.8, 4) is 5.75 Å². The minimum atomic E-state index is -0.744. The van der Waals surface area contributed by atoms with E-state index in [4.69, 9.17) is 0 Å². The fourth-order valence-electron chi connectivity index (χ4n) is 1.13. The fourth-order valence-corrected chi connectivity index (χ4v) is 1.57. The van der Waals surface area contributed by atoms with Crippen molar-refractivity contribution in [1.82, 2.24) is 4.90 Å². The Labute approximate surface area is 113 Å². The van der Waals surface area contributed by atoms with E-state index in [1.807, 2.05) is 13.8 Å². The lowest BCUT2D eigenvalue weighted by atomic mass is 10.1. The van der Waals surface area contributed by atoms with Crippen LogP contribution in [-0.2, 0) is 0 Å². The molecule has 1 aromatic rings. The number of halogens is 1. The number of benzene rings is 1. The summed E-state index contributed by atoms with van der Waals surface area (Å²) >= 11 is 3.05. The number of phenols is 1. The first-order chi connectivity index (χ1) is 8.34. The smallest absolute Gasteiger partial charge is 0.312 e. The lowest BCUT2D eigenvalue weighted by molar-refractivity contribution is -0.386. The molecule has 0 heterocycles. The Morgan fingerprint density at radius 1 is 1.39 bits per heavy atom. The second kappa shape index (κ2) is 6.95. The Morgan fingerprint density at radius 3 is 2.28 bits per heavy atom. The highest BCUT2D eigenvalue weighted by atomic mass is 79.9. The zero-order valence-electron chi connectivity index (χ0n) is 10.6. The predicted molar refractivity (Wildman–Crippen MR) is 71.8 cm³/mol. The third kappa shape index (κ3) is 3.69. The molecule has 0 saturated carbocycles. The Hall–Kier alpha value is -1.63. The molecule has 1 amide bonds. The molecule has 0 saturated heterocycles. The van der Waals surface area contributed by atoms with Crippen molar-refractivity contribution in [3.05, 3.63) is 32.3 Å². The molecule has 6 nitrogen and oxygen atoms in total.